The van der Waals surface area contributed by atoms with Crippen LogP contribution in [-0.2, 0) is 0 Å². The van der Waals surface area contributed by atoms with Gasteiger partial charge in [0.15, 0.2) is 11.0 Å². The fourth-order valence-electron chi connectivity index (χ4n) is 1.64. The van der Waals surface area contributed by atoms with Crippen LogP contribution in [-0.4, -0.2) is 45.5 Å². The Morgan fingerprint density at radius 2 is 1.25 bits per heavy atom. The average molecular weight is 365 g/mol. The van der Waals surface area contributed by atoms with E-state index in [-0.39, 0.29) is 21.3 Å². The van der Waals surface area contributed by atoms with E-state index < -0.39 is 11.8 Å². The third-order valence-electron chi connectivity index (χ3n) is 2.68. The Bertz CT molecular complexity index is 931. The van der Waals surface area contributed by atoms with Crippen molar-refractivity contribution < 1.29 is 9.59 Å². The van der Waals surface area contributed by atoms with Gasteiger partial charge in [-0.25, -0.2) is 0 Å². The van der Waals surface area contributed by atoms with Crippen LogP contribution >= 0.6 is 23.2 Å². The predicted molar refractivity (Wildman–Crippen MR) is 86.5 cm³/mol. The molecule has 0 unspecified atom stereocenters. The monoisotopic (exact) mass is 364 g/mol. The van der Waals surface area contributed by atoms with E-state index in [0.717, 1.165) is 9.36 Å². The Hall–Kier alpha value is -2.76. The molecule has 2 aromatic rings. The highest BCUT2D eigenvalue weighted by molar-refractivity contribution is 6.29. The maximum atomic E-state index is 12.1. The van der Waals surface area contributed by atoms with Crippen molar-refractivity contribution in [1.29, 1.82) is 0 Å². The third kappa shape index (κ3) is 3.95. The van der Waals surface area contributed by atoms with Crippen molar-refractivity contribution >= 4 is 35.0 Å². The van der Waals surface area contributed by atoms with E-state index in [1.165, 1.54) is 38.4 Å². The van der Waals surface area contributed by atoms with Crippen LogP contribution in [0, 0.1) is 11.8 Å². The maximum Gasteiger partial charge on any atom is 0.325 e. The average Bonchev–Trinajstić information content (AvgIpc) is 2.59. The van der Waals surface area contributed by atoms with E-state index in [1.807, 2.05) is 0 Å². The Labute approximate surface area is 146 Å². The number of hydrogen-bond donors (Lipinski definition) is 0. The molecule has 0 saturated carbocycles. The van der Waals surface area contributed by atoms with Crippen molar-refractivity contribution in [2.24, 2.45) is 9.98 Å². The lowest BCUT2D eigenvalue weighted by molar-refractivity contribution is 0.0937. The lowest BCUT2D eigenvalue weighted by atomic mass is 10.4. The summed E-state index contributed by atoms with van der Waals surface area (Å²) in [5.41, 5.74) is 0.479. The number of hydrogen-bond acceptors (Lipinski definition) is 6. The molecule has 0 aliphatic heterocycles. The maximum absolute atomic E-state index is 12.1. The van der Waals surface area contributed by atoms with E-state index in [1.54, 1.807) is 0 Å². The van der Waals surface area contributed by atoms with Gasteiger partial charge in [0.1, 0.15) is 10.3 Å². The zero-order chi connectivity index (χ0) is 17.7. The van der Waals surface area contributed by atoms with Gasteiger partial charge in [-0.15, -0.1) is 0 Å². The minimum atomic E-state index is -0.774. The molecule has 2 aromatic heterocycles. The van der Waals surface area contributed by atoms with Crippen LogP contribution in [0.15, 0.2) is 34.3 Å². The molecule has 0 aromatic carbocycles. The molecule has 0 spiro atoms. The fraction of sp³-hybridized carbons (Fsp3) is 0.143. The predicted octanol–water partition coefficient (Wildman–Crippen LogP) is 0.431. The molecule has 8 nitrogen and oxygen atoms in total. The molecule has 0 bridgehead atoms. The molecule has 10 heteroatoms. The first kappa shape index (κ1) is 17.6. The minimum absolute atomic E-state index is 0.0850. The first-order valence-corrected chi connectivity index (χ1v) is 7.20. The molecule has 24 heavy (non-hydrogen) atoms. The Balaban J connectivity index is 2.41. The molecule has 0 N–H and O–H groups in total. The van der Waals surface area contributed by atoms with E-state index in [2.05, 4.69) is 32.0 Å². The molecule has 0 atom stereocenters. The molecule has 0 fully saturated rings. The zero-order valence-corrected chi connectivity index (χ0v) is 14.1. The Kier molecular flexibility index (Phi) is 5.63. The van der Waals surface area contributed by atoms with Gasteiger partial charge in [-0.1, -0.05) is 23.2 Å². The van der Waals surface area contributed by atoms with Gasteiger partial charge in [-0.2, -0.15) is 19.6 Å². The molecule has 0 saturated heterocycles. The van der Waals surface area contributed by atoms with Crippen LogP contribution in [0.5, 0.6) is 0 Å². The van der Waals surface area contributed by atoms with Gasteiger partial charge in [0, 0.05) is 25.9 Å². The first-order chi connectivity index (χ1) is 11.5. The largest absolute Gasteiger partial charge is 0.325 e. The summed E-state index contributed by atoms with van der Waals surface area (Å²) < 4.78 is 1.79. The van der Waals surface area contributed by atoms with E-state index in [9.17, 15) is 9.59 Å². The van der Waals surface area contributed by atoms with Crippen molar-refractivity contribution in [3.8, 4) is 11.8 Å². The second-order valence-electron chi connectivity index (χ2n) is 4.16. The molecular formula is C14H10Cl2N6O2. The summed E-state index contributed by atoms with van der Waals surface area (Å²) in [5, 5.41) is 7.78. The summed E-state index contributed by atoms with van der Waals surface area (Å²) in [6.07, 6.45) is 0. The number of halogens is 2. The van der Waals surface area contributed by atoms with Gasteiger partial charge in [0.25, 0.3) is 0 Å². The molecule has 0 aliphatic rings. The van der Waals surface area contributed by atoms with Crippen LogP contribution in [0.4, 0.5) is 0 Å². The molecule has 2 heterocycles. The van der Waals surface area contributed by atoms with Crippen molar-refractivity contribution in [3.05, 3.63) is 45.5 Å². The summed E-state index contributed by atoms with van der Waals surface area (Å²) in [7, 11) is 2.96. The van der Waals surface area contributed by atoms with Gasteiger partial charge < -0.3 is 0 Å². The lowest BCUT2D eigenvalue weighted by Crippen LogP contribution is -2.30. The van der Waals surface area contributed by atoms with Crippen molar-refractivity contribution in [3.63, 3.8) is 0 Å². The fourth-order valence-corrected chi connectivity index (χ4v) is 1.92. The number of nitrogens with zero attached hydrogens (tertiary/aromatic N) is 6. The highest BCUT2D eigenvalue weighted by atomic mass is 35.5. The van der Waals surface area contributed by atoms with Crippen molar-refractivity contribution in [1.82, 2.24) is 19.6 Å². The molecule has 0 amide bonds. The van der Waals surface area contributed by atoms with Crippen LogP contribution in [0.25, 0.3) is 0 Å². The third-order valence-corrected chi connectivity index (χ3v) is 3.09. The molecule has 0 aliphatic carbocycles. The highest BCUT2D eigenvalue weighted by Gasteiger charge is 2.08. The van der Waals surface area contributed by atoms with Crippen LogP contribution < -0.4 is 11.0 Å². The van der Waals surface area contributed by atoms with Gasteiger partial charge in [0.2, 0.25) is 0 Å². The summed E-state index contributed by atoms with van der Waals surface area (Å²) in [4.78, 5) is 32.0. The van der Waals surface area contributed by atoms with Crippen molar-refractivity contribution in [2.45, 2.75) is 0 Å². The first-order valence-electron chi connectivity index (χ1n) is 6.44. The summed E-state index contributed by atoms with van der Waals surface area (Å²) in [6, 6.07) is 5.95. The van der Waals surface area contributed by atoms with Crippen LogP contribution in [0.1, 0.15) is 9.59 Å². The van der Waals surface area contributed by atoms with Gasteiger partial charge in [-0.3, -0.25) is 19.6 Å². The number of carbonyl (C=O) groups excluding carboxylic acids is 2. The van der Waals surface area contributed by atoms with Gasteiger partial charge in [0.05, 0.1) is 0 Å². The smallest absolute Gasteiger partial charge is 0.270 e. The topological polar surface area (TPSA) is 94.5 Å². The standard InChI is InChI=1S/C14H10Cl2N6O2/c1-17-11-5-3-9(15)19-21(11)13(23)7-8-14(24)22-12(18-2)6-4-10(16)20-22/h3-6H,1-2H3. The summed E-state index contributed by atoms with van der Waals surface area (Å²) in [5.74, 6) is 2.79. The molecular weight excluding hydrogens is 355 g/mol. The minimum Gasteiger partial charge on any atom is -0.270 e. The summed E-state index contributed by atoms with van der Waals surface area (Å²) in [6.45, 7) is 0. The SMILES string of the molecule is CN=c1ccc(Cl)nn1C(=O)C#CC(=O)n1nc(Cl)ccc1=NC. The van der Waals surface area contributed by atoms with E-state index >= 15 is 0 Å². The highest BCUT2D eigenvalue weighted by Crippen LogP contribution is 1.98. The number of rotatable bonds is 0. The zero-order valence-electron chi connectivity index (χ0n) is 12.6. The number of carbonyl (C=O) groups is 2. The van der Waals surface area contributed by atoms with Crippen LogP contribution in [0.3, 0.4) is 0 Å². The lowest BCUT2D eigenvalue weighted by Gasteiger charge is -2.01. The van der Waals surface area contributed by atoms with Crippen molar-refractivity contribution in [2.75, 3.05) is 14.1 Å². The molecule has 122 valence electrons. The van der Waals surface area contributed by atoms with E-state index in [4.69, 9.17) is 23.2 Å². The Morgan fingerprint density at radius 3 is 1.58 bits per heavy atom. The number of aromatic nitrogens is 4. The second-order valence-corrected chi connectivity index (χ2v) is 4.93. The van der Waals surface area contributed by atoms with Gasteiger partial charge in [-0.05, 0) is 24.3 Å². The van der Waals surface area contributed by atoms with Crippen LogP contribution in [0.2, 0.25) is 10.3 Å². The molecule has 2 rings (SSSR count). The Morgan fingerprint density at radius 1 is 0.875 bits per heavy atom. The van der Waals surface area contributed by atoms with E-state index in [0.29, 0.717) is 0 Å². The normalized spacial score (nSPS) is 11.8. The summed E-state index contributed by atoms with van der Waals surface area (Å²) >= 11 is 11.5. The second kappa shape index (κ2) is 7.68. The quantitative estimate of drug-likeness (QED) is 0.633. The van der Waals surface area contributed by atoms with Gasteiger partial charge >= 0.3 is 11.8 Å². The molecule has 0 radical (unpaired) electrons.